The molecule has 0 saturated heterocycles. The van der Waals surface area contributed by atoms with Crippen LogP contribution in [-0.4, -0.2) is 19.1 Å². The van der Waals surface area contributed by atoms with Crippen LogP contribution in [0.15, 0.2) is 0 Å². The summed E-state index contributed by atoms with van der Waals surface area (Å²) >= 11 is 0. The SMILES string of the molecule is NCC1(CNC2C3C4CCC(C4)C23)CCCCC1. The Morgan fingerprint density at radius 3 is 2.28 bits per heavy atom. The number of nitrogens with two attached hydrogens (primary N) is 1. The molecule has 0 radical (unpaired) electrons. The normalized spacial score (nSPS) is 48.2. The summed E-state index contributed by atoms with van der Waals surface area (Å²) in [5, 5.41) is 3.94. The van der Waals surface area contributed by atoms with E-state index in [1.54, 1.807) is 6.42 Å². The summed E-state index contributed by atoms with van der Waals surface area (Å²) in [4.78, 5) is 0. The summed E-state index contributed by atoms with van der Waals surface area (Å²) in [6.45, 7) is 2.11. The molecular formula is C16H28N2. The molecule has 102 valence electrons. The topological polar surface area (TPSA) is 38.0 Å². The van der Waals surface area contributed by atoms with E-state index in [4.69, 9.17) is 5.73 Å². The van der Waals surface area contributed by atoms with E-state index in [2.05, 4.69) is 5.32 Å². The van der Waals surface area contributed by atoms with Crippen molar-refractivity contribution in [3.05, 3.63) is 0 Å². The Morgan fingerprint density at radius 2 is 1.67 bits per heavy atom. The fourth-order valence-corrected chi connectivity index (χ4v) is 5.69. The van der Waals surface area contributed by atoms with Gasteiger partial charge in [-0.1, -0.05) is 19.3 Å². The number of rotatable bonds is 4. The molecule has 2 heteroatoms. The van der Waals surface area contributed by atoms with Gasteiger partial charge < -0.3 is 11.1 Å². The van der Waals surface area contributed by atoms with E-state index >= 15 is 0 Å². The van der Waals surface area contributed by atoms with E-state index in [1.165, 1.54) is 51.5 Å². The highest BCUT2D eigenvalue weighted by atomic mass is 15.0. The van der Waals surface area contributed by atoms with E-state index in [9.17, 15) is 0 Å². The summed E-state index contributed by atoms with van der Waals surface area (Å²) in [5.74, 6) is 4.33. The largest absolute Gasteiger partial charge is 0.330 e. The minimum atomic E-state index is 0.453. The molecule has 0 aromatic rings. The van der Waals surface area contributed by atoms with E-state index in [0.717, 1.165) is 36.3 Å². The van der Waals surface area contributed by atoms with Crippen LogP contribution in [0.2, 0.25) is 0 Å². The second-order valence-electron chi connectivity index (χ2n) is 7.66. The van der Waals surface area contributed by atoms with Gasteiger partial charge in [0.15, 0.2) is 0 Å². The summed E-state index contributed by atoms with van der Waals surface area (Å²) in [5.41, 5.74) is 6.54. The lowest BCUT2D eigenvalue weighted by Crippen LogP contribution is -2.43. The molecule has 2 bridgehead atoms. The fraction of sp³-hybridized carbons (Fsp3) is 1.00. The van der Waals surface area contributed by atoms with Gasteiger partial charge in [-0.3, -0.25) is 0 Å². The van der Waals surface area contributed by atoms with Crippen LogP contribution in [0.1, 0.15) is 51.4 Å². The summed E-state index contributed by atoms with van der Waals surface area (Å²) in [7, 11) is 0. The van der Waals surface area contributed by atoms with Gasteiger partial charge in [0.1, 0.15) is 0 Å². The zero-order chi connectivity index (χ0) is 12.2. The molecule has 0 aliphatic heterocycles. The number of nitrogens with one attached hydrogen (secondary N) is 1. The molecule has 2 nitrogen and oxygen atoms in total. The van der Waals surface area contributed by atoms with Crippen molar-refractivity contribution in [3.63, 3.8) is 0 Å². The highest BCUT2D eigenvalue weighted by Gasteiger charge is 2.64. The highest BCUT2D eigenvalue weighted by Crippen LogP contribution is 2.65. The van der Waals surface area contributed by atoms with Crippen molar-refractivity contribution in [1.82, 2.24) is 5.32 Å². The van der Waals surface area contributed by atoms with Gasteiger partial charge in [0.05, 0.1) is 0 Å². The van der Waals surface area contributed by atoms with E-state index in [-0.39, 0.29) is 0 Å². The molecule has 0 aromatic heterocycles. The molecular weight excluding hydrogens is 220 g/mol. The Morgan fingerprint density at radius 1 is 1.00 bits per heavy atom. The number of hydrogen-bond donors (Lipinski definition) is 2. The first kappa shape index (κ1) is 11.7. The Bertz CT molecular complexity index is 305. The van der Waals surface area contributed by atoms with E-state index < -0.39 is 0 Å². The minimum Gasteiger partial charge on any atom is -0.330 e. The molecule has 4 fully saturated rings. The Hall–Kier alpha value is -0.0800. The van der Waals surface area contributed by atoms with E-state index in [1.807, 2.05) is 0 Å². The van der Waals surface area contributed by atoms with Crippen LogP contribution in [0.3, 0.4) is 0 Å². The molecule has 0 aromatic carbocycles. The fourth-order valence-electron chi connectivity index (χ4n) is 5.69. The lowest BCUT2D eigenvalue weighted by molar-refractivity contribution is 0.187. The smallest absolute Gasteiger partial charge is 0.0136 e. The first-order valence-corrected chi connectivity index (χ1v) is 8.26. The molecule has 0 amide bonds. The second kappa shape index (κ2) is 4.21. The standard InChI is InChI=1S/C16H28N2/c17-9-16(6-2-1-3-7-16)10-18-15-13-11-4-5-12(8-11)14(13)15/h11-15,18H,1-10,17H2. The van der Waals surface area contributed by atoms with Crippen LogP contribution in [0.4, 0.5) is 0 Å². The molecule has 18 heavy (non-hydrogen) atoms. The van der Waals surface area contributed by atoms with Crippen molar-refractivity contribution >= 4 is 0 Å². The van der Waals surface area contributed by atoms with Gasteiger partial charge in [-0.2, -0.15) is 0 Å². The summed E-state index contributed by atoms with van der Waals surface area (Å²) in [6.07, 6.45) is 11.6. The van der Waals surface area contributed by atoms with Gasteiger partial charge in [-0.05, 0) is 67.7 Å². The first-order chi connectivity index (χ1) is 8.83. The van der Waals surface area contributed by atoms with Crippen LogP contribution < -0.4 is 11.1 Å². The monoisotopic (exact) mass is 248 g/mol. The van der Waals surface area contributed by atoms with E-state index in [0.29, 0.717) is 5.41 Å². The highest BCUT2D eigenvalue weighted by molar-refractivity contribution is 5.17. The van der Waals surface area contributed by atoms with Gasteiger partial charge in [0.2, 0.25) is 0 Å². The predicted octanol–water partition coefficient (Wildman–Crippen LogP) is 2.53. The quantitative estimate of drug-likeness (QED) is 0.802. The van der Waals surface area contributed by atoms with Crippen LogP contribution in [0.25, 0.3) is 0 Å². The average Bonchev–Trinajstić information content (AvgIpc) is 2.81. The van der Waals surface area contributed by atoms with Crippen LogP contribution in [0, 0.1) is 29.1 Å². The third-order valence-electron chi connectivity index (χ3n) is 6.80. The van der Waals surface area contributed by atoms with Crippen molar-refractivity contribution in [2.24, 2.45) is 34.8 Å². The summed E-state index contributed by atoms with van der Waals surface area (Å²) < 4.78 is 0. The van der Waals surface area contributed by atoms with Crippen LogP contribution in [0.5, 0.6) is 0 Å². The molecule has 4 saturated carbocycles. The van der Waals surface area contributed by atoms with Crippen molar-refractivity contribution < 1.29 is 0 Å². The zero-order valence-corrected chi connectivity index (χ0v) is 11.5. The van der Waals surface area contributed by atoms with Crippen molar-refractivity contribution in [3.8, 4) is 0 Å². The minimum absolute atomic E-state index is 0.453. The predicted molar refractivity (Wildman–Crippen MR) is 74.2 cm³/mol. The Kier molecular flexibility index (Phi) is 2.74. The Balaban J connectivity index is 1.34. The lowest BCUT2D eigenvalue weighted by atomic mass is 9.74. The zero-order valence-electron chi connectivity index (χ0n) is 11.5. The third kappa shape index (κ3) is 1.68. The molecule has 4 unspecified atom stereocenters. The first-order valence-electron chi connectivity index (χ1n) is 8.26. The number of fused-ring (bicyclic) bond motifs is 5. The van der Waals surface area contributed by atoms with Crippen molar-refractivity contribution in [2.75, 3.05) is 13.1 Å². The molecule has 4 aliphatic rings. The van der Waals surface area contributed by atoms with Gasteiger partial charge in [-0.25, -0.2) is 0 Å². The van der Waals surface area contributed by atoms with Crippen LogP contribution in [-0.2, 0) is 0 Å². The van der Waals surface area contributed by atoms with Gasteiger partial charge in [0.25, 0.3) is 0 Å². The molecule has 0 spiro atoms. The van der Waals surface area contributed by atoms with Crippen molar-refractivity contribution in [2.45, 2.75) is 57.4 Å². The molecule has 4 atom stereocenters. The number of hydrogen-bond acceptors (Lipinski definition) is 2. The molecule has 3 N–H and O–H groups in total. The molecule has 4 aliphatic carbocycles. The second-order valence-corrected chi connectivity index (χ2v) is 7.66. The van der Waals surface area contributed by atoms with Gasteiger partial charge in [-0.15, -0.1) is 0 Å². The maximum absolute atomic E-state index is 6.09. The third-order valence-corrected chi connectivity index (χ3v) is 6.80. The molecule has 4 rings (SSSR count). The average molecular weight is 248 g/mol. The molecule has 0 heterocycles. The van der Waals surface area contributed by atoms with Crippen molar-refractivity contribution in [1.29, 1.82) is 0 Å². The summed E-state index contributed by atoms with van der Waals surface area (Å²) in [6, 6.07) is 0.890. The van der Waals surface area contributed by atoms with Gasteiger partial charge in [0, 0.05) is 12.6 Å². The maximum Gasteiger partial charge on any atom is 0.0136 e. The van der Waals surface area contributed by atoms with Crippen LogP contribution >= 0.6 is 0 Å². The maximum atomic E-state index is 6.09. The Labute approximate surface area is 111 Å². The van der Waals surface area contributed by atoms with Gasteiger partial charge >= 0.3 is 0 Å². The lowest BCUT2D eigenvalue weighted by Gasteiger charge is -2.36.